The van der Waals surface area contributed by atoms with Crippen LogP contribution in [0.4, 0.5) is 10.1 Å². The molecule has 0 unspecified atom stereocenters. The summed E-state index contributed by atoms with van der Waals surface area (Å²) in [6, 6.07) is 6.37. The maximum absolute atomic E-state index is 12.8. The Kier molecular flexibility index (Phi) is 3.72. The first-order valence-corrected chi connectivity index (χ1v) is 6.91. The highest BCUT2D eigenvalue weighted by Crippen LogP contribution is 2.33. The van der Waals surface area contributed by atoms with Gasteiger partial charge in [-0.1, -0.05) is 25.6 Å². The number of thioether (sulfide) groups is 1. The highest BCUT2D eigenvalue weighted by atomic mass is 32.2. The molecule has 92 valence electrons. The maximum Gasteiger partial charge on any atom is 0.161 e. The van der Waals surface area contributed by atoms with Gasteiger partial charge in [0, 0.05) is 11.4 Å². The number of amidine groups is 1. The third-order valence-corrected chi connectivity index (χ3v) is 4.38. The van der Waals surface area contributed by atoms with Crippen LogP contribution in [0.25, 0.3) is 0 Å². The molecule has 1 aliphatic rings. The van der Waals surface area contributed by atoms with E-state index in [1.807, 2.05) is 0 Å². The molecule has 0 bridgehead atoms. The van der Waals surface area contributed by atoms with Gasteiger partial charge in [0.05, 0.1) is 5.54 Å². The molecule has 1 aromatic carbocycles. The first-order valence-electron chi connectivity index (χ1n) is 5.93. The zero-order valence-electron chi connectivity index (χ0n) is 10.2. The normalized spacial score (nSPS) is 17.9. The summed E-state index contributed by atoms with van der Waals surface area (Å²) in [5.74, 6) is 0.816. The molecule has 1 aromatic rings. The lowest BCUT2D eigenvalue weighted by molar-refractivity contribution is 0.456. The van der Waals surface area contributed by atoms with Crippen molar-refractivity contribution in [3.63, 3.8) is 0 Å². The predicted octanol–water partition coefficient (Wildman–Crippen LogP) is 3.90. The molecule has 0 amide bonds. The minimum Gasteiger partial charge on any atom is -0.335 e. The minimum atomic E-state index is -0.215. The molecule has 0 atom stereocenters. The van der Waals surface area contributed by atoms with Gasteiger partial charge in [0.1, 0.15) is 5.82 Å². The Labute approximate surface area is 106 Å². The van der Waals surface area contributed by atoms with Gasteiger partial charge in [-0.3, -0.25) is 4.99 Å². The number of hydrogen-bond donors (Lipinski definition) is 1. The van der Waals surface area contributed by atoms with Gasteiger partial charge in [-0.15, -0.1) is 0 Å². The lowest BCUT2D eigenvalue weighted by atomic mass is 9.97. The number of halogens is 1. The van der Waals surface area contributed by atoms with Crippen molar-refractivity contribution >= 4 is 22.6 Å². The number of rotatable bonds is 3. The van der Waals surface area contributed by atoms with Gasteiger partial charge >= 0.3 is 0 Å². The van der Waals surface area contributed by atoms with Crippen molar-refractivity contribution in [2.45, 2.75) is 32.2 Å². The quantitative estimate of drug-likeness (QED) is 0.882. The zero-order chi connectivity index (χ0) is 12.3. The summed E-state index contributed by atoms with van der Waals surface area (Å²) in [5.41, 5.74) is 0.980. The van der Waals surface area contributed by atoms with Crippen LogP contribution < -0.4 is 5.32 Å². The largest absolute Gasteiger partial charge is 0.335 e. The van der Waals surface area contributed by atoms with Gasteiger partial charge in [-0.2, -0.15) is 0 Å². The molecule has 4 heteroatoms. The number of nitrogens with one attached hydrogen (secondary N) is 1. The van der Waals surface area contributed by atoms with E-state index < -0.39 is 0 Å². The molecule has 1 aliphatic heterocycles. The fourth-order valence-corrected chi connectivity index (χ4v) is 3.14. The average molecular weight is 252 g/mol. The standard InChI is InChI=1S/C13H17FN2S/c1-3-13(4-2)9-17-12(16-13)15-11-7-5-10(14)6-8-11/h5-8H,3-4,9H2,1-2H3,(H,15,16). The molecule has 2 nitrogen and oxygen atoms in total. The monoisotopic (exact) mass is 252 g/mol. The smallest absolute Gasteiger partial charge is 0.161 e. The first kappa shape index (κ1) is 12.4. The summed E-state index contributed by atoms with van der Waals surface area (Å²) in [6.07, 6.45) is 2.12. The second kappa shape index (κ2) is 5.08. The van der Waals surface area contributed by atoms with Crippen LogP contribution in [0, 0.1) is 5.82 Å². The zero-order valence-corrected chi connectivity index (χ0v) is 11.0. The van der Waals surface area contributed by atoms with Crippen molar-refractivity contribution in [3.05, 3.63) is 30.1 Å². The van der Waals surface area contributed by atoms with Crippen LogP contribution in [0.5, 0.6) is 0 Å². The van der Waals surface area contributed by atoms with Crippen molar-refractivity contribution in [2.24, 2.45) is 4.99 Å². The summed E-state index contributed by atoms with van der Waals surface area (Å²) in [4.78, 5) is 4.75. The van der Waals surface area contributed by atoms with E-state index in [1.165, 1.54) is 12.1 Å². The Morgan fingerprint density at radius 3 is 2.47 bits per heavy atom. The number of anilines is 1. The molecule has 17 heavy (non-hydrogen) atoms. The van der Waals surface area contributed by atoms with Crippen LogP contribution in [0.2, 0.25) is 0 Å². The summed E-state index contributed by atoms with van der Waals surface area (Å²) < 4.78 is 12.8. The summed E-state index contributed by atoms with van der Waals surface area (Å²) in [5, 5.41) is 4.18. The van der Waals surface area contributed by atoms with Crippen LogP contribution in [-0.4, -0.2) is 16.5 Å². The van der Waals surface area contributed by atoms with Gasteiger partial charge in [0.15, 0.2) is 5.17 Å². The van der Waals surface area contributed by atoms with Gasteiger partial charge in [-0.25, -0.2) is 4.39 Å². The third-order valence-electron chi connectivity index (χ3n) is 3.23. The van der Waals surface area contributed by atoms with Gasteiger partial charge in [0.25, 0.3) is 0 Å². The van der Waals surface area contributed by atoms with E-state index in [1.54, 1.807) is 23.9 Å². The Morgan fingerprint density at radius 1 is 1.29 bits per heavy atom. The highest BCUT2D eigenvalue weighted by molar-refractivity contribution is 8.14. The maximum atomic E-state index is 12.8. The fourth-order valence-electron chi connectivity index (χ4n) is 1.82. The molecule has 1 N–H and O–H groups in total. The lowest BCUT2D eigenvalue weighted by Crippen LogP contribution is -2.24. The molecule has 0 saturated heterocycles. The summed E-state index contributed by atoms with van der Waals surface area (Å²) in [6.45, 7) is 4.35. The van der Waals surface area contributed by atoms with Crippen LogP contribution >= 0.6 is 11.8 Å². The van der Waals surface area contributed by atoms with Crippen LogP contribution in [0.3, 0.4) is 0 Å². The molecular formula is C13H17FN2S. The van der Waals surface area contributed by atoms with Crippen LogP contribution in [0.15, 0.2) is 29.3 Å². The van der Waals surface area contributed by atoms with E-state index in [4.69, 9.17) is 4.99 Å². The highest BCUT2D eigenvalue weighted by Gasteiger charge is 2.31. The Hall–Kier alpha value is -1.03. The predicted molar refractivity (Wildman–Crippen MR) is 73.2 cm³/mol. The van der Waals surface area contributed by atoms with Crippen LogP contribution in [0.1, 0.15) is 26.7 Å². The average Bonchev–Trinajstić information content (AvgIpc) is 2.76. The van der Waals surface area contributed by atoms with E-state index in [-0.39, 0.29) is 11.4 Å². The van der Waals surface area contributed by atoms with Crippen molar-refractivity contribution in [3.8, 4) is 0 Å². The minimum absolute atomic E-state index is 0.0903. The summed E-state index contributed by atoms with van der Waals surface area (Å²) in [7, 11) is 0. The lowest BCUT2D eigenvalue weighted by Gasteiger charge is -2.20. The van der Waals surface area contributed by atoms with Crippen molar-refractivity contribution in [1.29, 1.82) is 0 Å². The Balaban J connectivity index is 2.08. The molecule has 0 radical (unpaired) electrons. The molecule has 0 aromatic heterocycles. The Bertz CT molecular complexity index is 410. The van der Waals surface area contributed by atoms with Crippen LogP contribution in [-0.2, 0) is 0 Å². The van der Waals surface area contributed by atoms with Gasteiger partial charge < -0.3 is 5.32 Å². The van der Waals surface area contributed by atoms with Crippen molar-refractivity contribution < 1.29 is 4.39 Å². The van der Waals surface area contributed by atoms with E-state index in [0.29, 0.717) is 0 Å². The third kappa shape index (κ3) is 2.80. The second-order valence-corrected chi connectivity index (χ2v) is 5.23. The van der Waals surface area contributed by atoms with E-state index in [0.717, 1.165) is 29.4 Å². The molecule has 1 heterocycles. The van der Waals surface area contributed by atoms with Crippen molar-refractivity contribution in [2.75, 3.05) is 11.1 Å². The first-order chi connectivity index (χ1) is 8.17. The number of hydrogen-bond acceptors (Lipinski definition) is 3. The van der Waals surface area contributed by atoms with E-state index >= 15 is 0 Å². The molecular weight excluding hydrogens is 235 g/mol. The molecule has 0 aliphatic carbocycles. The molecule has 0 saturated carbocycles. The number of benzene rings is 1. The number of nitrogens with zero attached hydrogens (tertiary/aromatic N) is 1. The number of aliphatic imine (C=N–C) groups is 1. The van der Waals surface area contributed by atoms with Gasteiger partial charge in [0.2, 0.25) is 0 Å². The topological polar surface area (TPSA) is 24.4 Å². The van der Waals surface area contributed by atoms with Crippen molar-refractivity contribution in [1.82, 2.24) is 0 Å². The Morgan fingerprint density at radius 2 is 1.94 bits per heavy atom. The van der Waals surface area contributed by atoms with E-state index in [2.05, 4.69) is 19.2 Å². The second-order valence-electron chi connectivity index (χ2n) is 4.27. The molecule has 0 fully saturated rings. The van der Waals surface area contributed by atoms with Gasteiger partial charge in [-0.05, 0) is 37.1 Å². The molecule has 2 rings (SSSR count). The van der Waals surface area contributed by atoms with E-state index in [9.17, 15) is 4.39 Å². The SMILES string of the molecule is CCC1(CC)CSC(Nc2ccc(F)cc2)=N1. The summed E-state index contributed by atoms with van der Waals surface area (Å²) >= 11 is 1.74. The molecule has 0 spiro atoms. The fraction of sp³-hybridized carbons (Fsp3) is 0.462.